The van der Waals surface area contributed by atoms with Gasteiger partial charge in [0, 0.05) is 11.6 Å². The van der Waals surface area contributed by atoms with E-state index in [9.17, 15) is 9.59 Å². The van der Waals surface area contributed by atoms with Gasteiger partial charge in [0.15, 0.2) is 0 Å². The number of hydrogen-bond donors (Lipinski definition) is 3. The van der Waals surface area contributed by atoms with E-state index in [2.05, 4.69) is 16.0 Å². The van der Waals surface area contributed by atoms with Gasteiger partial charge in [-0.25, -0.2) is 0 Å². The highest BCUT2D eigenvalue weighted by atomic mass is 35.5. The van der Waals surface area contributed by atoms with Crippen LogP contribution in [0.25, 0.3) is 0 Å². The van der Waals surface area contributed by atoms with Gasteiger partial charge >= 0.3 is 0 Å². The van der Waals surface area contributed by atoms with Crippen molar-refractivity contribution in [2.45, 2.75) is 40.0 Å². The molecule has 1 atom stereocenters. The number of piperidine rings is 1. The first kappa shape index (κ1) is 19.7. The summed E-state index contributed by atoms with van der Waals surface area (Å²) >= 11 is 0. The van der Waals surface area contributed by atoms with Gasteiger partial charge < -0.3 is 16.0 Å². The summed E-state index contributed by atoms with van der Waals surface area (Å²) in [6, 6.07) is 4.10. The Labute approximate surface area is 155 Å². The molecule has 0 radical (unpaired) electrons. The van der Waals surface area contributed by atoms with Gasteiger partial charge in [-0.15, -0.1) is 12.4 Å². The van der Waals surface area contributed by atoms with Crippen LogP contribution in [0, 0.1) is 32.1 Å². The normalized spacial score (nSPS) is 20.5. The van der Waals surface area contributed by atoms with E-state index in [4.69, 9.17) is 0 Å². The molecule has 2 aliphatic rings. The highest BCUT2D eigenvalue weighted by Gasteiger charge is 2.57. The number of anilines is 1. The molecule has 1 aromatic rings. The minimum atomic E-state index is -0.168. The fourth-order valence-electron chi connectivity index (χ4n) is 4.05. The number of carbonyl (C=O) groups excluding carboxylic acids is 2. The van der Waals surface area contributed by atoms with Crippen molar-refractivity contribution in [2.75, 3.05) is 25.0 Å². The molecule has 1 saturated heterocycles. The van der Waals surface area contributed by atoms with E-state index in [0.717, 1.165) is 49.2 Å². The van der Waals surface area contributed by atoms with Gasteiger partial charge in [-0.2, -0.15) is 0 Å². The molecule has 1 saturated carbocycles. The van der Waals surface area contributed by atoms with E-state index in [1.807, 2.05) is 32.9 Å². The summed E-state index contributed by atoms with van der Waals surface area (Å²) in [5, 5.41) is 9.08. The lowest BCUT2D eigenvalue weighted by atomic mass is 9.92. The topological polar surface area (TPSA) is 70.2 Å². The van der Waals surface area contributed by atoms with Crippen molar-refractivity contribution in [3.8, 4) is 0 Å². The average Bonchev–Trinajstić information content (AvgIpc) is 3.22. The molecule has 1 unspecified atom stereocenters. The Morgan fingerprint density at radius 3 is 2.36 bits per heavy atom. The molecule has 2 fully saturated rings. The van der Waals surface area contributed by atoms with Crippen molar-refractivity contribution in [1.82, 2.24) is 10.6 Å². The maximum atomic E-state index is 12.3. The summed E-state index contributed by atoms with van der Waals surface area (Å²) in [5.41, 5.74) is 4.32. The molecule has 0 aromatic heterocycles. The molecule has 1 heterocycles. The molecule has 3 N–H and O–H groups in total. The molecule has 1 aliphatic heterocycles. The highest BCUT2D eigenvalue weighted by molar-refractivity contribution is 5.96. The number of carbonyl (C=O) groups is 2. The molecule has 1 aliphatic carbocycles. The molecule has 1 spiro atoms. The van der Waals surface area contributed by atoms with Crippen LogP contribution in [0.15, 0.2) is 12.1 Å². The van der Waals surface area contributed by atoms with Crippen LogP contribution in [0.3, 0.4) is 0 Å². The Morgan fingerprint density at radius 1 is 1.16 bits per heavy atom. The van der Waals surface area contributed by atoms with Crippen LogP contribution in [0.5, 0.6) is 0 Å². The van der Waals surface area contributed by atoms with Crippen molar-refractivity contribution in [3.63, 3.8) is 0 Å². The van der Waals surface area contributed by atoms with E-state index in [0.29, 0.717) is 0 Å². The van der Waals surface area contributed by atoms with Crippen LogP contribution in [0.2, 0.25) is 0 Å². The van der Waals surface area contributed by atoms with E-state index in [-0.39, 0.29) is 42.1 Å². The Morgan fingerprint density at radius 2 is 1.76 bits per heavy atom. The van der Waals surface area contributed by atoms with Gasteiger partial charge in [-0.3, -0.25) is 9.59 Å². The van der Waals surface area contributed by atoms with Crippen molar-refractivity contribution in [1.29, 1.82) is 0 Å². The second kappa shape index (κ2) is 7.75. The van der Waals surface area contributed by atoms with Crippen LogP contribution < -0.4 is 16.0 Å². The number of halogens is 1. The predicted molar refractivity (Wildman–Crippen MR) is 102 cm³/mol. The molecule has 1 aromatic carbocycles. The van der Waals surface area contributed by atoms with E-state index >= 15 is 0 Å². The first-order valence-corrected chi connectivity index (χ1v) is 8.77. The van der Waals surface area contributed by atoms with Crippen LogP contribution in [0.4, 0.5) is 5.69 Å². The molecule has 6 heteroatoms. The number of aryl methyl sites for hydroxylation is 3. The molecule has 0 bridgehead atoms. The number of amides is 2. The van der Waals surface area contributed by atoms with Crippen molar-refractivity contribution < 1.29 is 9.59 Å². The summed E-state index contributed by atoms with van der Waals surface area (Å²) in [7, 11) is 0. The zero-order valence-corrected chi connectivity index (χ0v) is 16.0. The second-order valence-corrected chi connectivity index (χ2v) is 7.41. The Bertz CT molecular complexity index is 646. The van der Waals surface area contributed by atoms with Crippen molar-refractivity contribution in [3.05, 3.63) is 28.8 Å². The molecular weight excluding hydrogens is 338 g/mol. The molecule has 138 valence electrons. The van der Waals surface area contributed by atoms with Gasteiger partial charge in [0.2, 0.25) is 11.8 Å². The van der Waals surface area contributed by atoms with E-state index in [1.165, 1.54) is 5.56 Å². The Hall–Kier alpha value is -1.59. The lowest BCUT2D eigenvalue weighted by molar-refractivity contribution is -0.125. The highest BCUT2D eigenvalue weighted by Crippen LogP contribution is 2.58. The van der Waals surface area contributed by atoms with Crippen LogP contribution >= 0.6 is 12.4 Å². The standard InChI is InChI=1S/C19H27N3O2.ClH/c1-12-8-13(2)17(14(3)9-12)22-16(23)11-21-18(24)15-10-19(15)4-6-20-7-5-19;/h8-9,15,20H,4-7,10-11H2,1-3H3,(H,21,24)(H,22,23);1H. The fourth-order valence-corrected chi connectivity index (χ4v) is 4.05. The molecular formula is C19H28ClN3O2. The third-order valence-corrected chi connectivity index (χ3v) is 5.47. The van der Waals surface area contributed by atoms with Crippen molar-refractivity contribution in [2.24, 2.45) is 11.3 Å². The van der Waals surface area contributed by atoms with Crippen LogP contribution in [-0.2, 0) is 9.59 Å². The zero-order valence-electron chi connectivity index (χ0n) is 15.2. The number of benzene rings is 1. The summed E-state index contributed by atoms with van der Waals surface area (Å²) in [4.78, 5) is 24.5. The second-order valence-electron chi connectivity index (χ2n) is 7.41. The molecule has 5 nitrogen and oxygen atoms in total. The van der Waals surface area contributed by atoms with Gasteiger partial charge in [0.1, 0.15) is 0 Å². The summed E-state index contributed by atoms with van der Waals surface area (Å²) in [6.07, 6.45) is 3.11. The summed E-state index contributed by atoms with van der Waals surface area (Å²) in [5.74, 6) is -0.0435. The number of hydrogen-bond acceptors (Lipinski definition) is 3. The lowest BCUT2D eigenvalue weighted by Gasteiger charge is -2.23. The third-order valence-electron chi connectivity index (χ3n) is 5.47. The zero-order chi connectivity index (χ0) is 17.3. The van der Waals surface area contributed by atoms with Crippen molar-refractivity contribution >= 4 is 29.9 Å². The smallest absolute Gasteiger partial charge is 0.243 e. The largest absolute Gasteiger partial charge is 0.347 e. The van der Waals surface area contributed by atoms with Gasteiger partial charge in [0.25, 0.3) is 0 Å². The molecule has 25 heavy (non-hydrogen) atoms. The SMILES string of the molecule is Cc1cc(C)c(NC(=O)CNC(=O)C2CC23CCNCC3)c(C)c1.Cl. The van der Waals surface area contributed by atoms with Gasteiger partial charge in [0.05, 0.1) is 6.54 Å². The Kier molecular flexibility index (Phi) is 6.12. The third kappa shape index (κ3) is 4.33. The minimum absolute atomic E-state index is 0. The van der Waals surface area contributed by atoms with Crippen LogP contribution in [0.1, 0.15) is 36.0 Å². The van der Waals surface area contributed by atoms with E-state index < -0.39 is 0 Å². The first-order chi connectivity index (χ1) is 11.4. The average molecular weight is 366 g/mol. The maximum Gasteiger partial charge on any atom is 0.243 e. The maximum absolute atomic E-state index is 12.3. The monoisotopic (exact) mass is 365 g/mol. The first-order valence-electron chi connectivity index (χ1n) is 8.77. The minimum Gasteiger partial charge on any atom is -0.347 e. The van der Waals surface area contributed by atoms with Gasteiger partial charge in [-0.1, -0.05) is 17.7 Å². The van der Waals surface area contributed by atoms with Crippen LogP contribution in [-0.4, -0.2) is 31.4 Å². The summed E-state index contributed by atoms with van der Waals surface area (Å²) < 4.78 is 0. The number of nitrogens with one attached hydrogen (secondary N) is 3. The Balaban J connectivity index is 0.00000225. The van der Waals surface area contributed by atoms with E-state index in [1.54, 1.807) is 0 Å². The fraction of sp³-hybridized carbons (Fsp3) is 0.579. The molecule has 3 rings (SSSR count). The van der Waals surface area contributed by atoms with Gasteiger partial charge in [-0.05, 0) is 69.7 Å². The number of rotatable bonds is 4. The lowest BCUT2D eigenvalue weighted by Crippen LogP contribution is -2.37. The predicted octanol–water partition coefficient (Wildman–Crippen LogP) is 2.48. The molecule has 2 amide bonds. The summed E-state index contributed by atoms with van der Waals surface area (Å²) in [6.45, 7) is 8.04. The quantitative estimate of drug-likeness (QED) is 0.767.